The molecule has 0 fully saturated rings. The Labute approximate surface area is 26.5 Å². The van der Waals surface area contributed by atoms with Crippen LogP contribution in [-0.2, 0) is 0 Å². The van der Waals surface area contributed by atoms with Crippen LogP contribution in [0.3, 0.4) is 0 Å². The topological polar surface area (TPSA) is 66.2 Å². The largest absolute Gasteiger partial charge is 0.356 e. The zero-order valence-electron chi connectivity index (χ0n) is 2.08. The Bertz CT molecular complexity index is 29.9. The fraction of sp³-hybridized carbons (Fsp3) is 0. The summed E-state index contributed by atoms with van der Waals surface area (Å²) in [6, 6.07) is 0. The van der Waals surface area contributed by atoms with E-state index in [2.05, 4.69) is 0 Å². The first-order valence-electron chi connectivity index (χ1n) is 0.548. The summed E-state index contributed by atoms with van der Waals surface area (Å²) in [6.07, 6.45) is 0. The maximum atomic E-state index is 8.25. The van der Waals surface area contributed by atoms with E-state index in [1.807, 2.05) is 0 Å². The van der Waals surface area contributed by atoms with Gasteiger partial charge in [0.15, 0.2) is 0 Å². The predicted molar refractivity (Wildman–Crippen MR) is 12.9 cm³/mol. The molecule has 0 aliphatic carbocycles. The molecule has 0 heterocycles. The Morgan fingerprint density at radius 2 is 1.40 bits per heavy atom. The molecule has 0 aliphatic rings. The van der Waals surface area contributed by atoms with E-state index < -0.39 is 5.09 Å². The highest BCUT2D eigenvalue weighted by molar-refractivity contribution is 4.03. The minimum Gasteiger partial charge on any atom is -0.356 e. The molecule has 0 bridgehead atoms. The first-order valence-corrected chi connectivity index (χ1v) is 0.548. The van der Waals surface area contributed by atoms with Crippen molar-refractivity contribution in [3.05, 3.63) is 15.3 Å². The van der Waals surface area contributed by atoms with E-state index in [1.165, 1.54) is 0 Å². The van der Waals surface area contributed by atoms with Crippen molar-refractivity contribution in [2.45, 2.75) is 0 Å². The molecule has 0 spiro atoms. The Kier molecular flexibility index (Phi) is 5.58. The van der Waals surface area contributed by atoms with Crippen LogP contribution in [0, 0.1) is 15.3 Å². The SMILES string of the molecule is F.O=[N+]([O-])[O-]. The molecular formula is HFNO3-. The van der Waals surface area contributed by atoms with Gasteiger partial charge in [-0.2, -0.15) is 0 Å². The van der Waals surface area contributed by atoms with E-state index in [-0.39, 0.29) is 4.70 Å². The van der Waals surface area contributed by atoms with Gasteiger partial charge in [-0.25, -0.2) is 0 Å². The zero-order chi connectivity index (χ0) is 3.58. The van der Waals surface area contributed by atoms with Gasteiger partial charge in [0.2, 0.25) is 0 Å². The number of halogens is 1. The first-order chi connectivity index (χ1) is 1.73. The average Bonchev–Trinajstić information content (AvgIpc) is 0.811. The molecule has 5 heavy (non-hydrogen) atoms. The molecular weight excluding hydrogens is 81.0 g/mol. The van der Waals surface area contributed by atoms with E-state index in [1.54, 1.807) is 0 Å². The molecule has 0 aromatic heterocycles. The maximum absolute atomic E-state index is 8.25. The highest BCUT2D eigenvalue weighted by Crippen LogP contribution is 1.44. The molecule has 0 unspecified atom stereocenters. The highest BCUT2D eigenvalue weighted by Gasteiger charge is 1.45. The van der Waals surface area contributed by atoms with Gasteiger partial charge in [0.1, 0.15) is 0 Å². The van der Waals surface area contributed by atoms with Crippen molar-refractivity contribution < 1.29 is 9.79 Å². The quantitative estimate of drug-likeness (QED) is 0.303. The standard InChI is InChI=1S/FH.NO3/c;2-1(3)4/h1H;/q;-1. The third-order valence-corrected chi connectivity index (χ3v) is 0. The Morgan fingerprint density at radius 1 is 1.40 bits per heavy atom. The van der Waals surface area contributed by atoms with Crippen molar-refractivity contribution in [1.29, 1.82) is 0 Å². The maximum Gasteiger partial charge on any atom is 0.0689 e. The smallest absolute Gasteiger partial charge is 0.0689 e. The molecule has 4 nitrogen and oxygen atoms in total. The number of hydrogen-bond donors (Lipinski definition) is 0. The Morgan fingerprint density at radius 3 is 1.40 bits per heavy atom. The molecule has 0 saturated heterocycles. The number of rotatable bonds is 0. The van der Waals surface area contributed by atoms with E-state index in [0.29, 0.717) is 0 Å². The van der Waals surface area contributed by atoms with Gasteiger partial charge in [0.05, 0.1) is 5.09 Å². The average molecular weight is 82.0 g/mol. The van der Waals surface area contributed by atoms with Gasteiger partial charge in [0, 0.05) is 0 Å². The van der Waals surface area contributed by atoms with Crippen molar-refractivity contribution in [1.82, 2.24) is 0 Å². The minimum atomic E-state index is -1.75. The summed E-state index contributed by atoms with van der Waals surface area (Å²) in [5.41, 5.74) is 0. The van der Waals surface area contributed by atoms with Gasteiger partial charge >= 0.3 is 0 Å². The lowest BCUT2D eigenvalue weighted by atomic mass is 13.1. The van der Waals surface area contributed by atoms with E-state index >= 15 is 0 Å². The molecule has 0 rings (SSSR count). The first kappa shape index (κ1) is 8.92. The number of hydrogen-bond acceptors (Lipinski definition) is 3. The van der Waals surface area contributed by atoms with Crippen LogP contribution in [0.2, 0.25) is 0 Å². The third kappa shape index (κ3) is 5.28. The van der Waals surface area contributed by atoms with E-state index in [0.717, 1.165) is 0 Å². The zero-order valence-corrected chi connectivity index (χ0v) is 2.08. The van der Waals surface area contributed by atoms with Crippen molar-refractivity contribution in [3.8, 4) is 0 Å². The van der Waals surface area contributed by atoms with Gasteiger partial charge in [-0.05, 0) is 0 Å². The van der Waals surface area contributed by atoms with Crippen LogP contribution in [-0.4, -0.2) is 5.09 Å². The van der Waals surface area contributed by atoms with Gasteiger partial charge < -0.3 is 15.3 Å². The fourth-order valence-electron chi connectivity index (χ4n) is 0. The monoisotopic (exact) mass is 82.0 g/mol. The summed E-state index contributed by atoms with van der Waals surface area (Å²) in [5.74, 6) is 0. The molecule has 0 aliphatic heterocycles. The van der Waals surface area contributed by atoms with Crippen LogP contribution in [0.4, 0.5) is 4.70 Å². The third-order valence-electron chi connectivity index (χ3n) is 0. The van der Waals surface area contributed by atoms with Crippen LogP contribution >= 0.6 is 0 Å². The molecule has 0 saturated carbocycles. The fourth-order valence-corrected chi connectivity index (χ4v) is 0. The lowest BCUT2D eigenvalue weighted by Crippen LogP contribution is -1.74. The second-order valence-electron chi connectivity index (χ2n) is 0.224. The second kappa shape index (κ2) is 3.13. The van der Waals surface area contributed by atoms with Gasteiger partial charge in [-0.15, -0.1) is 0 Å². The Balaban J connectivity index is 0. The summed E-state index contributed by atoms with van der Waals surface area (Å²) in [4.78, 5) is 8.25. The lowest BCUT2D eigenvalue weighted by molar-refractivity contribution is -0.402. The van der Waals surface area contributed by atoms with Crippen molar-refractivity contribution in [2.24, 2.45) is 0 Å². The minimum absolute atomic E-state index is 0. The van der Waals surface area contributed by atoms with E-state index in [9.17, 15) is 0 Å². The van der Waals surface area contributed by atoms with Gasteiger partial charge in [-0.1, -0.05) is 0 Å². The summed E-state index contributed by atoms with van der Waals surface area (Å²) in [7, 11) is 0. The molecule has 0 amide bonds. The number of nitrogens with zero attached hydrogens (tertiary/aromatic N) is 1. The molecule has 5 heteroatoms. The molecule has 0 N–H and O–H groups in total. The summed E-state index contributed by atoms with van der Waals surface area (Å²) in [6.45, 7) is 0. The lowest BCUT2D eigenvalue weighted by Gasteiger charge is -1.74. The normalized spacial score (nSPS) is 4.80. The van der Waals surface area contributed by atoms with Crippen molar-refractivity contribution >= 4 is 0 Å². The van der Waals surface area contributed by atoms with Gasteiger partial charge in [-0.3, -0.25) is 4.70 Å². The summed E-state index contributed by atoms with van der Waals surface area (Å²) in [5, 5.41) is 14.8. The van der Waals surface area contributed by atoms with Crippen molar-refractivity contribution in [2.75, 3.05) is 0 Å². The Hall–Kier alpha value is -0.870. The van der Waals surface area contributed by atoms with Crippen LogP contribution in [0.25, 0.3) is 0 Å². The van der Waals surface area contributed by atoms with Crippen LogP contribution in [0.5, 0.6) is 0 Å². The van der Waals surface area contributed by atoms with E-state index in [4.69, 9.17) is 15.3 Å². The molecule has 0 aromatic carbocycles. The van der Waals surface area contributed by atoms with Gasteiger partial charge in [0.25, 0.3) is 0 Å². The summed E-state index contributed by atoms with van der Waals surface area (Å²) < 4.78 is 0. The van der Waals surface area contributed by atoms with Crippen molar-refractivity contribution in [3.63, 3.8) is 0 Å². The summed E-state index contributed by atoms with van der Waals surface area (Å²) >= 11 is 0. The van der Waals surface area contributed by atoms with Crippen LogP contribution in [0.1, 0.15) is 0 Å². The highest BCUT2D eigenvalue weighted by atomic mass is 19.0. The molecule has 0 radical (unpaired) electrons. The van der Waals surface area contributed by atoms with Crippen LogP contribution in [0.15, 0.2) is 0 Å². The second-order valence-corrected chi connectivity index (χ2v) is 0.224. The molecule has 0 aromatic rings. The predicted octanol–water partition coefficient (Wildman–Crippen LogP) is -0.0866. The molecule has 32 valence electrons. The molecule has 0 atom stereocenters. The van der Waals surface area contributed by atoms with Crippen LogP contribution < -0.4 is 0 Å².